The van der Waals surface area contributed by atoms with Crippen LogP contribution in [0.25, 0.3) is 11.1 Å². The van der Waals surface area contributed by atoms with Crippen LogP contribution in [-0.4, -0.2) is 13.0 Å². The van der Waals surface area contributed by atoms with Crippen molar-refractivity contribution in [3.05, 3.63) is 83.2 Å². The van der Waals surface area contributed by atoms with E-state index in [0.717, 1.165) is 24.3 Å². The standard InChI is InChI=1S/C29H24F8O3/c30-22-14-21(9-11-26(22)40-29(35,36)37)39-28(33,34)27-23(31)12-20(13-24(27)32)17-4-6-18(7-5-17)25-10-8-19(15-38-25)16-2-1-3-16/h4-7,9,11-14,16,19,25H,1-3,8,10,15H2. The van der Waals surface area contributed by atoms with Gasteiger partial charge in [-0.3, -0.25) is 0 Å². The van der Waals surface area contributed by atoms with Gasteiger partial charge < -0.3 is 14.2 Å². The number of hydrogen-bond acceptors (Lipinski definition) is 3. The van der Waals surface area contributed by atoms with E-state index in [4.69, 9.17) is 4.74 Å². The van der Waals surface area contributed by atoms with Crippen LogP contribution in [-0.2, 0) is 10.8 Å². The van der Waals surface area contributed by atoms with Crippen molar-refractivity contribution in [2.75, 3.05) is 6.61 Å². The molecule has 0 radical (unpaired) electrons. The SMILES string of the molecule is Fc1cc(OC(F)(F)c2c(F)cc(-c3ccc(C4CCC(C5CCC5)CO4)cc3)cc2F)ccc1OC(F)(F)F. The topological polar surface area (TPSA) is 27.7 Å². The minimum Gasteiger partial charge on any atom is -0.429 e. The molecule has 2 unspecified atom stereocenters. The maximum Gasteiger partial charge on any atom is 0.573 e. The fraction of sp³-hybridized carbons (Fsp3) is 0.379. The second kappa shape index (κ2) is 10.9. The first-order valence-corrected chi connectivity index (χ1v) is 12.7. The second-order valence-electron chi connectivity index (χ2n) is 10.0. The van der Waals surface area contributed by atoms with E-state index in [2.05, 4.69) is 9.47 Å². The molecule has 3 nitrogen and oxygen atoms in total. The number of hydrogen-bond donors (Lipinski definition) is 0. The largest absolute Gasteiger partial charge is 0.573 e. The first kappa shape index (κ1) is 28.2. The van der Waals surface area contributed by atoms with Crippen molar-refractivity contribution >= 4 is 0 Å². The Kier molecular flexibility index (Phi) is 7.69. The van der Waals surface area contributed by atoms with Crippen LogP contribution in [0.15, 0.2) is 54.6 Å². The highest BCUT2D eigenvalue weighted by atomic mass is 19.4. The zero-order valence-electron chi connectivity index (χ0n) is 20.9. The van der Waals surface area contributed by atoms with E-state index >= 15 is 0 Å². The predicted molar refractivity (Wildman–Crippen MR) is 128 cm³/mol. The molecule has 0 bridgehead atoms. The van der Waals surface area contributed by atoms with Crippen molar-refractivity contribution in [3.63, 3.8) is 0 Å². The molecule has 11 heteroatoms. The normalized spacial score (nSPS) is 20.2. The van der Waals surface area contributed by atoms with Gasteiger partial charge in [0.15, 0.2) is 11.6 Å². The molecule has 1 aliphatic carbocycles. The third kappa shape index (κ3) is 6.19. The van der Waals surface area contributed by atoms with Gasteiger partial charge in [-0.2, -0.15) is 8.78 Å². The first-order chi connectivity index (χ1) is 18.9. The van der Waals surface area contributed by atoms with Crippen LogP contribution in [0.1, 0.15) is 49.3 Å². The molecule has 1 saturated heterocycles. The van der Waals surface area contributed by atoms with E-state index in [-0.39, 0.29) is 17.7 Å². The zero-order chi connectivity index (χ0) is 28.7. The van der Waals surface area contributed by atoms with Gasteiger partial charge in [0.2, 0.25) is 0 Å². The van der Waals surface area contributed by atoms with E-state index in [1.165, 1.54) is 19.3 Å². The Morgan fingerprint density at radius 3 is 1.88 bits per heavy atom. The average Bonchev–Trinajstić information content (AvgIpc) is 2.84. The van der Waals surface area contributed by atoms with Gasteiger partial charge in [-0.05, 0) is 65.6 Å². The van der Waals surface area contributed by atoms with Gasteiger partial charge in [0.1, 0.15) is 22.9 Å². The van der Waals surface area contributed by atoms with Gasteiger partial charge in [0.25, 0.3) is 0 Å². The Morgan fingerprint density at radius 2 is 1.35 bits per heavy atom. The van der Waals surface area contributed by atoms with E-state index in [1.807, 2.05) is 0 Å². The highest BCUT2D eigenvalue weighted by Gasteiger charge is 2.42. The van der Waals surface area contributed by atoms with E-state index in [0.29, 0.717) is 42.4 Å². The molecule has 3 aromatic carbocycles. The van der Waals surface area contributed by atoms with Gasteiger partial charge in [-0.25, -0.2) is 13.2 Å². The van der Waals surface area contributed by atoms with Gasteiger partial charge in [0, 0.05) is 6.07 Å². The van der Waals surface area contributed by atoms with Gasteiger partial charge in [-0.1, -0.05) is 43.5 Å². The first-order valence-electron chi connectivity index (χ1n) is 12.7. The van der Waals surface area contributed by atoms with Crippen LogP contribution < -0.4 is 9.47 Å². The molecule has 40 heavy (non-hydrogen) atoms. The second-order valence-corrected chi connectivity index (χ2v) is 10.0. The highest BCUT2D eigenvalue weighted by Crippen LogP contribution is 2.42. The lowest BCUT2D eigenvalue weighted by atomic mass is 9.73. The van der Waals surface area contributed by atoms with Crippen molar-refractivity contribution in [3.8, 4) is 22.6 Å². The van der Waals surface area contributed by atoms with Crippen LogP contribution in [0.2, 0.25) is 0 Å². The molecule has 1 aliphatic heterocycles. The van der Waals surface area contributed by atoms with Gasteiger partial charge in [0.05, 0.1) is 12.7 Å². The van der Waals surface area contributed by atoms with Crippen molar-refractivity contribution in [1.29, 1.82) is 0 Å². The van der Waals surface area contributed by atoms with Gasteiger partial charge in [-0.15, -0.1) is 13.2 Å². The summed E-state index contributed by atoms with van der Waals surface area (Å²) in [6, 6.07) is 9.34. The Balaban J connectivity index is 1.28. The number of alkyl halides is 5. The molecule has 2 aliphatic rings. The third-order valence-corrected chi connectivity index (χ3v) is 7.45. The van der Waals surface area contributed by atoms with Crippen LogP contribution in [0.4, 0.5) is 35.1 Å². The number of rotatable bonds is 7. The summed E-state index contributed by atoms with van der Waals surface area (Å²) in [5.74, 6) is -5.85. The van der Waals surface area contributed by atoms with E-state index in [9.17, 15) is 35.1 Å². The molecular formula is C29H24F8O3. The summed E-state index contributed by atoms with van der Waals surface area (Å²) in [6.07, 6.45) is -4.20. The van der Waals surface area contributed by atoms with E-state index in [1.54, 1.807) is 24.3 Å². The lowest BCUT2D eigenvalue weighted by molar-refractivity contribution is -0.275. The van der Waals surface area contributed by atoms with Crippen LogP contribution in [0, 0.1) is 29.3 Å². The predicted octanol–water partition coefficient (Wildman–Crippen LogP) is 9.07. The van der Waals surface area contributed by atoms with Crippen LogP contribution >= 0.6 is 0 Å². The van der Waals surface area contributed by atoms with E-state index < -0.39 is 47.0 Å². The third-order valence-electron chi connectivity index (χ3n) is 7.45. The molecular weight excluding hydrogens is 548 g/mol. The molecule has 2 fully saturated rings. The summed E-state index contributed by atoms with van der Waals surface area (Å²) in [6.45, 7) is 0.698. The molecule has 0 aromatic heterocycles. The van der Waals surface area contributed by atoms with Crippen LogP contribution in [0.3, 0.4) is 0 Å². The number of benzene rings is 3. The summed E-state index contributed by atoms with van der Waals surface area (Å²) in [5, 5.41) is 0. The Labute approximate surface area is 224 Å². The monoisotopic (exact) mass is 572 g/mol. The lowest BCUT2D eigenvalue weighted by Crippen LogP contribution is -2.30. The maximum absolute atomic E-state index is 14.8. The van der Waals surface area contributed by atoms with Crippen LogP contribution in [0.5, 0.6) is 11.5 Å². The highest BCUT2D eigenvalue weighted by molar-refractivity contribution is 5.64. The summed E-state index contributed by atoms with van der Waals surface area (Å²) < 4.78 is 123. The minimum absolute atomic E-state index is 0.00425. The molecule has 2 atom stereocenters. The Bertz CT molecular complexity index is 1320. The zero-order valence-corrected chi connectivity index (χ0v) is 20.9. The quantitative estimate of drug-likeness (QED) is 0.265. The molecule has 214 valence electrons. The minimum atomic E-state index is -5.22. The summed E-state index contributed by atoms with van der Waals surface area (Å²) in [5.41, 5.74) is -0.453. The van der Waals surface area contributed by atoms with Crippen molar-refractivity contribution in [1.82, 2.24) is 0 Å². The molecule has 0 N–H and O–H groups in total. The van der Waals surface area contributed by atoms with Crippen molar-refractivity contribution in [2.45, 2.75) is 50.7 Å². The summed E-state index contributed by atoms with van der Waals surface area (Å²) in [4.78, 5) is 0. The molecule has 0 amide bonds. The molecule has 3 aromatic rings. The lowest BCUT2D eigenvalue weighted by Gasteiger charge is -2.38. The fourth-order valence-electron chi connectivity index (χ4n) is 5.18. The summed E-state index contributed by atoms with van der Waals surface area (Å²) in [7, 11) is 0. The van der Waals surface area contributed by atoms with Crippen molar-refractivity contribution < 1.29 is 49.3 Å². The Hall–Kier alpha value is -3.34. The maximum atomic E-state index is 14.8. The van der Waals surface area contributed by atoms with Crippen molar-refractivity contribution in [2.24, 2.45) is 11.8 Å². The molecule has 5 rings (SSSR count). The molecule has 1 saturated carbocycles. The molecule has 1 heterocycles. The average molecular weight is 572 g/mol. The Morgan fingerprint density at radius 1 is 0.675 bits per heavy atom. The molecule has 0 spiro atoms. The summed E-state index contributed by atoms with van der Waals surface area (Å²) >= 11 is 0. The van der Waals surface area contributed by atoms with Gasteiger partial charge >= 0.3 is 12.5 Å². The fourth-order valence-corrected chi connectivity index (χ4v) is 5.18. The smallest absolute Gasteiger partial charge is 0.429 e. The number of halogens is 8. The number of ether oxygens (including phenoxy) is 3.